The highest BCUT2D eigenvalue weighted by atomic mass is 35.5. The number of primary amides is 1. The molecule has 2 aromatic rings. The summed E-state index contributed by atoms with van der Waals surface area (Å²) < 4.78 is 10.8. The van der Waals surface area contributed by atoms with Crippen molar-refractivity contribution in [1.29, 1.82) is 0 Å². The van der Waals surface area contributed by atoms with Crippen LogP contribution in [0.25, 0.3) is 0 Å². The van der Waals surface area contributed by atoms with Crippen LogP contribution in [0.3, 0.4) is 0 Å². The standard InChI is InChI=1S/C24H23ClN2O5S/c1-31-17-9-7-14(8-10-17)11-18(28)32-23-16(12-25)13-33-24-20(22(30)27(23)24)19(21(26)29)15-5-3-2-4-6-15/h2-10,19-20,24H,11-13H2,1H3,(H2,26,29). The molecule has 2 aromatic carbocycles. The molecule has 2 amide bonds. The molecule has 0 bridgehead atoms. The molecule has 7 nitrogen and oxygen atoms in total. The van der Waals surface area contributed by atoms with Crippen LogP contribution in [0.1, 0.15) is 17.0 Å². The fourth-order valence-electron chi connectivity index (χ4n) is 4.09. The maximum Gasteiger partial charge on any atom is 0.316 e. The maximum absolute atomic E-state index is 13.2. The van der Waals surface area contributed by atoms with E-state index in [0.29, 0.717) is 22.6 Å². The summed E-state index contributed by atoms with van der Waals surface area (Å²) in [6, 6.07) is 16.1. The van der Waals surface area contributed by atoms with E-state index in [9.17, 15) is 14.4 Å². The predicted octanol–water partition coefficient (Wildman–Crippen LogP) is 3.03. The number of ether oxygens (including phenoxy) is 2. The zero-order chi connectivity index (χ0) is 23.5. The number of amides is 2. The number of nitrogens with two attached hydrogens (primary N) is 1. The number of esters is 1. The number of rotatable bonds is 8. The van der Waals surface area contributed by atoms with E-state index in [1.807, 2.05) is 6.07 Å². The van der Waals surface area contributed by atoms with E-state index in [4.69, 9.17) is 26.8 Å². The molecule has 3 atom stereocenters. The number of hydrogen-bond acceptors (Lipinski definition) is 6. The van der Waals surface area contributed by atoms with Gasteiger partial charge in [-0.25, -0.2) is 0 Å². The Morgan fingerprint density at radius 1 is 1.18 bits per heavy atom. The molecular weight excluding hydrogens is 464 g/mol. The molecule has 1 saturated heterocycles. The largest absolute Gasteiger partial charge is 0.497 e. The van der Waals surface area contributed by atoms with Gasteiger partial charge >= 0.3 is 5.97 Å². The lowest BCUT2D eigenvalue weighted by atomic mass is 9.79. The van der Waals surface area contributed by atoms with E-state index in [1.54, 1.807) is 55.6 Å². The summed E-state index contributed by atoms with van der Waals surface area (Å²) in [7, 11) is 1.57. The Balaban J connectivity index is 1.53. The predicted molar refractivity (Wildman–Crippen MR) is 125 cm³/mol. The molecular formula is C24H23ClN2O5S. The first kappa shape index (κ1) is 23.2. The zero-order valence-corrected chi connectivity index (χ0v) is 19.5. The number of methoxy groups -OCH3 is 1. The molecule has 0 spiro atoms. The Morgan fingerprint density at radius 3 is 2.48 bits per heavy atom. The van der Waals surface area contributed by atoms with Crippen molar-refractivity contribution in [3.05, 3.63) is 77.2 Å². The van der Waals surface area contributed by atoms with Crippen LogP contribution in [0.15, 0.2) is 66.1 Å². The van der Waals surface area contributed by atoms with Gasteiger partial charge in [0.1, 0.15) is 5.75 Å². The normalized spacial score (nSPS) is 20.5. The summed E-state index contributed by atoms with van der Waals surface area (Å²) in [5.74, 6) is -1.31. The molecule has 9 heteroatoms. The van der Waals surface area contributed by atoms with Gasteiger partial charge in [-0.1, -0.05) is 42.5 Å². The van der Waals surface area contributed by atoms with Gasteiger partial charge in [-0.3, -0.25) is 19.3 Å². The van der Waals surface area contributed by atoms with Crippen LogP contribution in [0.2, 0.25) is 0 Å². The highest BCUT2D eigenvalue weighted by molar-refractivity contribution is 8.00. The first-order valence-corrected chi connectivity index (χ1v) is 11.9. The van der Waals surface area contributed by atoms with Gasteiger partial charge in [-0.15, -0.1) is 23.4 Å². The number of fused-ring (bicyclic) bond motifs is 1. The Hall–Kier alpha value is -2.97. The molecule has 1 fully saturated rings. The first-order chi connectivity index (χ1) is 15.9. The molecule has 3 unspecified atom stereocenters. The average molecular weight is 487 g/mol. The van der Waals surface area contributed by atoms with Crippen molar-refractivity contribution in [1.82, 2.24) is 4.90 Å². The van der Waals surface area contributed by atoms with Crippen molar-refractivity contribution < 1.29 is 23.9 Å². The first-order valence-electron chi connectivity index (χ1n) is 10.3. The number of β-lactam (4-membered cyclic amide) rings is 1. The minimum absolute atomic E-state index is 0.0280. The second-order valence-corrected chi connectivity index (χ2v) is 9.14. The van der Waals surface area contributed by atoms with Crippen LogP contribution in [0.5, 0.6) is 5.75 Å². The molecule has 0 aromatic heterocycles. The Labute approximate surface area is 200 Å². The minimum atomic E-state index is -0.763. The van der Waals surface area contributed by atoms with Gasteiger partial charge in [-0.05, 0) is 23.3 Å². The van der Waals surface area contributed by atoms with Gasteiger partial charge in [0.2, 0.25) is 17.7 Å². The summed E-state index contributed by atoms with van der Waals surface area (Å²) in [6.45, 7) is 0. The zero-order valence-electron chi connectivity index (χ0n) is 17.9. The lowest BCUT2D eigenvalue weighted by molar-refractivity contribution is -0.159. The van der Waals surface area contributed by atoms with E-state index in [1.165, 1.54) is 16.7 Å². The molecule has 2 aliphatic rings. The lowest BCUT2D eigenvalue weighted by Crippen LogP contribution is -2.63. The quantitative estimate of drug-likeness (QED) is 0.350. The summed E-state index contributed by atoms with van der Waals surface area (Å²) in [5, 5.41) is -0.369. The molecule has 0 saturated carbocycles. The van der Waals surface area contributed by atoms with Crippen molar-refractivity contribution in [2.24, 2.45) is 11.7 Å². The van der Waals surface area contributed by atoms with Crippen LogP contribution in [-0.2, 0) is 25.5 Å². The summed E-state index contributed by atoms with van der Waals surface area (Å²) in [6.07, 6.45) is 0.0280. The molecule has 2 heterocycles. The number of hydrogen-bond donors (Lipinski definition) is 1. The fraction of sp³-hybridized carbons (Fsp3) is 0.292. The van der Waals surface area contributed by atoms with Gasteiger partial charge in [0.25, 0.3) is 0 Å². The third kappa shape index (κ3) is 4.58. The SMILES string of the molecule is COc1ccc(CC(=O)OC2=C(CCl)CSC3C(C(C(N)=O)c4ccccc4)C(=O)N23)cc1. The van der Waals surface area contributed by atoms with Gasteiger partial charge in [-0.2, -0.15) is 0 Å². The van der Waals surface area contributed by atoms with Crippen LogP contribution in [0, 0.1) is 5.92 Å². The van der Waals surface area contributed by atoms with Crippen molar-refractivity contribution in [3.63, 3.8) is 0 Å². The molecule has 33 heavy (non-hydrogen) atoms. The molecule has 0 radical (unpaired) electrons. The number of nitrogens with zero attached hydrogens (tertiary/aromatic N) is 1. The lowest BCUT2D eigenvalue weighted by Gasteiger charge is -2.51. The fourth-order valence-corrected chi connectivity index (χ4v) is 5.83. The Kier molecular flexibility index (Phi) is 6.95. The third-order valence-corrected chi connectivity index (χ3v) is 7.42. The Bertz CT molecular complexity index is 1090. The van der Waals surface area contributed by atoms with Crippen molar-refractivity contribution in [2.45, 2.75) is 17.7 Å². The van der Waals surface area contributed by atoms with Gasteiger partial charge in [0, 0.05) is 17.2 Å². The molecule has 0 aliphatic carbocycles. The van der Waals surface area contributed by atoms with Crippen molar-refractivity contribution >= 4 is 41.1 Å². The third-order valence-electron chi connectivity index (χ3n) is 5.74. The van der Waals surface area contributed by atoms with E-state index >= 15 is 0 Å². The van der Waals surface area contributed by atoms with Crippen molar-refractivity contribution in [2.75, 3.05) is 18.7 Å². The van der Waals surface area contributed by atoms with Gasteiger partial charge in [0.15, 0.2) is 0 Å². The highest BCUT2D eigenvalue weighted by Crippen LogP contribution is 2.49. The van der Waals surface area contributed by atoms with Crippen LogP contribution in [-0.4, -0.2) is 46.8 Å². The van der Waals surface area contributed by atoms with Crippen LogP contribution in [0.4, 0.5) is 0 Å². The number of benzene rings is 2. The van der Waals surface area contributed by atoms with E-state index in [0.717, 1.165) is 5.56 Å². The van der Waals surface area contributed by atoms with Crippen LogP contribution >= 0.6 is 23.4 Å². The molecule has 2 aliphatic heterocycles. The summed E-state index contributed by atoms with van der Waals surface area (Å²) in [4.78, 5) is 39.6. The van der Waals surface area contributed by atoms with Gasteiger partial charge in [0.05, 0.1) is 30.7 Å². The van der Waals surface area contributed by atoms with E-state index in [2.05, 4.69) is 0 Å². The molecule has 2 N–H and O–H groups in total. The summed E-state index contributed by atoms with van der Waals surface area (Å²) >= 11 is 7.58. The molecule has 4 rings (SSSR count). The number of thioether (sulfide) groups is 1. The van der Waals surface area contributed by atoms with E-state index < -0.39 is 23.7 Å². The monoisotopic (exact) mass is 486 g/mol. The highest BCUT2D eigenvalue weighted by Gasteiger charge is 2.57. The van der Waals surface area contributed by atoms with E-state index in [-0.39, 0.29) is 29.5 Å². The second-order valence-electron chi connectivity index (χ2n) is 7.77. The maximum atomic E-state index is 13.2. The van der Waals surface area contributed by atoms with Crippen molar-refractivity contribution in [3.8, 4) is 5.75 Å². The Morgan fingerprint density at radius 2 is 1.88 bits per heavy atom. The van der Waals surface area contributed by atoms with Gasteiger partial charge < -0.3 is 15.2 Å². The second kappa shape index (κ2) is 9.89. The number of halogens is 1. The summed E-state index contributed by atoms with van der Waals surface area (Å²) in [5.41, 5.74) is 7.79. The van der Waals surface area contributed by atoms with Crippen LogP contribution < -0.4 is 10.5 Å². The number of alkyl halides is 1. The number of carbonyl (C=O) groups excluding carboxylic acids is 3. The molecule has 172 valence electrons. The number of carbonyl (C=O) groups is 3. The topological polar surface area (TPSA) is 98.9 Å². The minimum Gasteiger partial charge on any atom is -0.497 e. The average Bonchev–Trinajstić information content (AvgIpc) is 2.82. The smallest absolute Gasteiger partial charge is 0.316 e.